The number of benzene rings is 8. The van der Waals surface area contributed by atoms with Crippen LogP contribution in [-0.4, -0.2) is 14.1 Å². The summed E-state index contributed by atoms with van der Waals surface area (Å²) in [5.41, 5.74) is -6.68. The Balaban J connectivity index is 1.17. The van der Waals surface area contributed by atoms with Crippen molar-refractivity contribution in [1.29, 1.82) is 0 Å². The van der Waals surface area contributed by atoms with E-state index >= 15 is 0 Å². The van der Waals surface area contributed by atoms with Crippen LogP contribution < -0.4 is 9.30 Å². The van der Waals surface area contributed by atoms with Crippen LogP contribution in [0.25, 0.3) is 94.5 Å². The van der Waals surface area contributed by atoms with Gasteiger partial charge in [-0.3, -0.25) is 13.7 Å². The fraction of sp³-hybridized carbons (Fsp3) is 0.182. The van der Waals surface area contributed by atoms with Crippen molar-refractivity contribution in [3.8, 4) is 73.2 Å². The van der Waals surface area contributed by atoms with E-state index in [-0.39, 0.29) is 33.3 Å². The number of hydrogen-bond donors (Lipinski definition) is 0. The van der Waals surface area contributed by atoms with Gasteiger partial charge in [-0.2, -0.15) is 0 Å². The lowest BCUT2D eigenvalue weighted by Gasteiger charge is -2.30. The van der Waals surface area contributed by atoms with Gasteiger partial charge in [-0.05, 0) is 132 Å². The molecule has 0 atom stereocenters. The van der Waals surface area contributed by atoms with E-state index in [9.17, 15) is 15.1 Å². The van der Waals surface area contributed by atoms with Gasteiger partial charge >= 0.3 is 0 Å². The molecule has 5 heteroatoms. The molecule has 0 bridgehead atoms. The largest absolute Gasteiger partial charge is 0.458 e. The van der Waals surface area contributed by atoms with Crippen LogP contribution >= 0.6 is 0 Å². The number of hydrogen-bond acceptors (Lipinski definition) is 2. The Kier molecular flexibility index (Phi) is 6.28. The van der Waals surface area contributed by atoms with Gasteiger partial charge in [0.1, 0.15) is 17.3 Å². The molecular formula is C66H58N4O. The molecule has 1 aliphatic rings. The third-order valence-corrected chi connectivity index (χ3v) is 13.3. The highest BCUT2D eigenvalue weighted by Gasteiger charge is 2.31. The minimum absolute atomic E-state index is 0.0604. The molecule has 5 nitrogen and oxygen atoms in total. The molecule has 0 amide bonds. The molecule has 3 aromatic heterocycles. The molecule has 0 N–H and O–H groups in total. The Hall–Kier alpha value is -8.02. The maximum atomic E-state index is 10.3. The zero-order valence-corrected chi connectivity index (χ0v) is 38.9. The van der Waals surface area contributed by atoms with E-state index in [1.165, 1.54) is 16.7 Å². The number of nitrogens with zero attached hydrogens (tertiary/aromatic N) is 4. The van der Waals surface area contributed by atoms with Gasteiger partial charge in [0.25, 0.3) is 6.33 Å². The zero-order valence-electron chi connectivity index (χ0n) is 58.9. The molecule has 11 aromatic rings. The predicted molar refractivity (Wildman–Crippen MR) is 294 cm³/mol. The SMILES string of the molecule is [2H]c1c2c(c(C(C([2H])([2H])[2H])(C([2H])([2H])[2H])C([2H])([2H])[2H])c([2H])c1C(C([2H])([2H])[2H])(C([2H])([2H])[2H])C([2H])([2H])[2H])-[n+]1[c-]n(-c3cccc(Oc4ccc5c6cc(-c7ccccc7)ccc6n(-c6cc(C(C)(C)C)ccn6)c5c4)c3)c3cccc(c31)-c1ccccc1-c1ccccc1-2. The lowest BCUT2D eigenvalue weighted by atomic mass is 9.77. The smallest absolute Gasteiger partial charge is 0.269 e. The third-order valence-electron chi connectivity index (χ3n) is 13.3. The average Bonchev–Trinajstić information content (AvgIpc) is 1.43. The predicted octanol–water partition coefficient (Wildman–Crippen LogP) is 16.9. The van der Waals surface area contributed by atoms with Crippen LogP contribution in [0, 0.1) is 6.33 Å². The molecule has 0 aliphatic carbocycles. The Morgan fingerprint density at radius 2 is 1.20 bits per heavy atom. The second kappa shape index (κ2) is 16.3. The quantitative estimate of drug-likeness (QED) is 0.127. The lowest BCUT2D eigenvalue weighted by Crippen LogP contribution is -2.35. The van der Waals surface area contributed by atoms with E-state index in [1.807, 2.05) is 42.5 Å². The van der Waals surface area contributed by atoms with Crippen molar-refractivity contribution in [3.05, 3.63) is 211 Å². The summed E-state index contributed by atoms with van der Waals surface area (Å²) in [4.78, 5) is 4.88. The van der Waals surface area contributed by atoms with Gasteiger partial charge in [0.15, 0.2) is 0 Å². The number of fused-ring (bicyclic) bond motifs is 10. The molecule has 0 spiro atoms. The number of ether oxygens (including phenoxy) is 1. The fourth-order valence-electron chi connectivity index (χ4n) is 9.97. The van der Waals surface area contributed by atoms with Crippen LogP contribution in [0.2, 0.25) is 0 Å². The van der Waals surface area contributed by atoms with Crippen LogP contribution in [-0.2, 0) is 16.2 Å². The zero-order chi connectivity index (χ0) is 65.7. The number of rotatable bonds is 5. The van der Waals surface area contributed by atoms with Crippen LogP contribution in [0.4, 0.5) is 0 Å². The summed E-state index contributed by atoms with van der Waals surface area (Å²) in [6, 6.07) is 47.9. The number of pyridine rings is 1. The van der Waals surface area contributed by atoms with Crippen molar-refractivity contribution >= 4 is 32.8 Å². The first-order valence-electron chi connectivity index (χ1n) is 33.2. The van der Waals surface area contributed by atoms with Crippen molar-refractivity contribution < 1.29 is 36.7 Å². The molecule has 0 radical (unpaired) electrons. The molecule has 0 unspecified atom stereocenters. The molecule has 12 rings (SSSR count). The van der Waals surface area contributed by atoms with Crippen molar-refractivity contribution in [2.24, 2.45) is 0 Å². The van der Waals surface area contributed by atoms with Crippen LogP contribution in [0.5, 0.6) is 11.5 Å². The summed E-state index contributed by atoms with van der Waals surface area (Å²) in [5.74, 6) is 1.38. The summed E-state index contributed by atoms with van der Waals surface area (Å²) < 4.78 is 195. The van der Waals surface area contributed by atoms with Gasteiger partial charge in [0, 0.05) is 47.7 Å². The van der Waals surface area contributed by atoms with E-state index in [0.29, 0.717) is 33.9 Å². The maximum absolute atomic E-state index is 10.3. The molecular weight excluding hydrogens is 865 g/mol. The van der Waals surface area contributed by atoms with Gasteiger partial charge in [-0.25, -0.2) is 4.98 Å². The highest BCUT2D eigenvalue weighted by Crippen LogP contribution is 2.47. The van der Waals surface area contributed by atoms with Crippen molar-refractivity contribution in [1.82, 2.24) is 14.1 Å². The monoisotopic (exact) mass is 943 g/mol. The lowest BCUT2D eigenvalue weighted by molar-refractivity contribution is -0.572. The number of imidazole rings is 1. The minimum atomic E-state index is -4.29. The van der Waals surface area contributed by atoms with E-state index < -0.39 is 86.4 Å². The van der Waals surface area contributed by atoms with Crippen molar-refractivity contribution in [3.63, 3.8) is 0 Å². The minimum Gasteiger partial charge on any atom is -0.458 e. The second-order valence-electron chi connectivity index (χ2n) is 19.1. The van der Waals surface area contributed by atoms with E-state index in [2.05, 4.69) is 68.1 Å². The molecule has 71 heavy (non-hydrogen) atoms. The maximum Gasteiger partial charge on any atom is 0.269 e. The van der Waals surface area contributed by atoms with Gasteiger partial charge in [-0.1, -0.05) is 183 Å². The van der Waals surface area contributed by atoms with Crippen LogP contribution in [0.1, 0.15) is 106 Å². The Labute approximate surface area is 445 Å². The molecule has 348 valence electrons. The standard InChI is InChI=1S/C66H58N4O/c1-64(2,3)44-33-34-67-61(38-44)70-58-32-29-43(42-19-11-10-12-20-42)35-55(58)53-31-30-48(40-60(53)70)71-47-22-17-21-46(39-47)68-41-69-62-56(36-45(65(4,5)6)37-57(62)66(7,8)9)52-26-16-14-24-50(52)49-23-13-15-25-51(49)54-27-18-28-59(68)63(54)69/h10-40H,1-9H3/i4D3,5D3,6D3,7D3,8D3,9D3,36D,37D. The molecule has 1 aliphatic heterocycles. The number of aromatic nitrogens is 4. The first-order chi connectivity index (χ1) is 42.5. The molecule has 0 saturated carbocycles. The number of para-hydroxylation sites is 1. The van der Waals surface area contributed by atoms with Crippen molar-refractivity contribution in [2.75, 3.05) is 0 Å². The highest BCUT2D eigenvalue weighted by atomic mass is 16.5. The van der Waals surface area contributed by atoms with Gasteiger partial charge < -0.3 is 4.74 Å². The topological polar surface area (TPSA) is 35.9 Å². The average molecular weight is 943 g/mol. The molecule has 4 heterocycles. The first kappa shape index (κ1) is 27.4. The summed E-state index contributed by atoms with van der Waals surface area (Å²) >= 11 is 0. The fourth-order valence-corrected chi connectivity index (χ4v) is 9.97. The Morgan fingerprint density at radius 1 is 0.521 bits per heavy atom. The summed E-state index contributed by atoms with van der Waals surface area (Å²) in [6.07, 6.45) is 5.03. The summed E-state index contributed by atoms with van der Waals surface area (Å²) in [6.45, 7) is -19.0. The van der Waals surface area contributed by atoms with E-state index in [0.717, 1.165) is 43.1 Å². The molecule has 0 saturated heterocycles. The van der Waals surface area contributed by atoms with Crippen molar-refractivity contribution in [2.45, 2.75) is 78.1 Å². The first-order valence-corrected chi connectivity index (χ1v) is 23.2. The van der Waals surface area contributed by atoms with Crippen LogP contribution in [0.3, 0.4) is 0 Å². The molecule has 0 fully saturated rings. The highest BCUT2D eigenvalue weighted by molar-refractivity contribution is 6.11. The Bertz CT molecular complexity index is 4660. The summed E-state index contributed by atoms with van der Waals surface area (Å²) in [7, 11) is 0. The second-order valence-corrected chi connectivity index (χ2v) is 19.1. The summed E-state index contributed by atoms with van der Waals surface area (Å²) in [5, 5.41) is 1.89. The Morgan fingerprint density at radius 3 is 1.93 bits per heavy atom. The van der Waals surface area contributed by atoms with Crippen LogP contribution in [0.15, 0.2) is 188 Å². The normalized spacial score (nSPS) is 17.8. The third kappa shape index (κ3) is 7.54. The van der Waals surface area contributed by atoms with Gasteiger partial charge in [0.2, 0.25) is 0 Å². The van der Waals surface area contributed by atoms with E-state index in [1.54, 1.807) is 85.1 Å². The van der Waals surface area contributed by atoms with Gasteiger partial charge in [0.05, 0.1) is 36.2 Å². The molecule has 8 aromatic carbocycles. The van der Waals surface area contributed by atoms with E-state index in [4.69, 9.17) is 22.1 Å². The van der Waals surface area contributed by atoms with Gasteiger partial charge in [-0.15, -0.1) is 0 Å².